The molecule has 0 unspecified atom stereocenters. The molecule has 2 aromatic carbocycles. The quantitative estimate of drug-likeness (QED) is 0.269. The van der Waals surface area contributed by atoms with Crippen LogP contribution in [0.15, 0.2) is 48.7 Å². The molecule has 12 nitrogen and oxygen atoms in total. The van der Waals surface area contributed by atoms with Crippen LogP contribution in [0.2, 0.25) is 0 Å². The van der Waals surface area contributed by atoms with E-state index < -0.39 is 10.0 Å². The molecule has 2 N–H and O–H groups in total. The average Bonchev–Trinajstić information content (AvgIpc) is 2.97. The summed E-state index contributed by atoms with van der Waals surface area (Å²) >= 11 is 0. The summed E-state index contributed by atoms with van der Waals surface area (Å²) in [4.78, 5) is 8.94. The first-order chi connectivity index (χ1) is 19.8. The third-order valence-electron chi connectivity index (χ3n) is 6.03. The van der Waals surface area contributed by atoms with Crippen molar-refractivity contribution < 1.29 is 32.1 Å². The summed E-state index contributed by atoms with van der Waals surface area (Å²) < 4.78 is 52.5. The highest BCUT2D eigenvalue weighted by Crippen LogP contribution is 2.32. The van der Waals surface area contributed by atoms with Crippen LogP contribution < -0.4 is 24.2 Å². The first-order valence-electron chi connectivity index (χ1n) is 13.1. The van der Waals surface area contributed by atoms with Crippen LogP contribution in [-0.4, -0.2) is 77.4 Å². The van der Waals surface area contributed by atoms with E-state index in [1.807, 2.05) is 6.07 Å². The molecule has 41 heavy (non-hydrogen) atoms. The van der Waals surface area contributed by atoms with Gasteiger partial charge in [-0.2, -0.15) is 5.26 Å². The van der Waals surface area contributed by atoms with E-state index in [2.05, 4.69) is 26.1 Å². The molecule has 0 spiro atoms. The van der Waals surface area contributed by atoms with Crippen LogP contribution in [0.3, 0.4) is 0 Å². The van der Waals surface area contributed by atoms with E-state index >= 15 is 0 Å². The number of nitriles is 1. The Labute approximate surface area is 239 Å². The average molecular weight is 584 g/mol. The topological polar surface area (TPSA) is 154 Å². The predicted octanol–water partition coefficient (Wildman–Crippen LogP) is 3.27. The van der Waals surface area contributed by atoms with Crippen molar-refractivity contribution in [3.8, 4) is 34.6 Å². The molecule has 0 saturated carbocycles. The van der Waals surface area contributed by atoms with Crippen molar-refractivity contribution >= 4 is 21.7 Å². The summed E-state index contributed by atoms with van der Waals surface area (Å²) in [5.41, 5.74) is 2.54. The van der Waals surface area contributed by atoms with Gasteiger partial charge in [-0.3, -0.25) is 0 Å². The molecule has 4 rings (SSSR count). The molecule has 0 aliphatic carbocycles. The summed E-state index contributed by atoms with van der Waals surface area (Å²) in [7, 11) is -1.69. The fraction of sp³-hybridized carbons (Fsp3) is 0.393. The Morgan fingerprint density at radius 2 is 1.85 bits per heavy atom. The Morgan fingerprint density at radius 3 is 2.61 bits per heavy atom. The number of hydrogen-bond donors (Lipinski definition) is 2. The van der Waals surface area contributed by atoms with Crippen LogP contribution in [0, 0.1) is 11.3 Å². The number of anilines is 2. The highest BCUT2D eigenvalue weighted by atomic mass is 32.2. The van der Waals surface area contributed by atoms with Gasteiger partial charge in [0.05, 0.1) is 51.1 Å². The normalized spacial score (nSPS) is 13.8. The highest BCUT2D eigenvalue weighted by Gasteiger charge is 2.18. The van der Waals surface area contributed by atoms with E-state index in [1.54, 1.807) is 49.7 Å². The third kappa shape index (κ3) is 9.29. The molecule has 1 fully saturated rings. The van der Waals surface area contributed by atoms with E-state index in [9.17, 15) is 13.7 Å². The maximum absolute atomic E-state index is 11.1. The Morgan fingerprint density at radius 1 is 1.05 bits per heavy atom. The van der Waals surface area contributed by atoms with Crippen molar-refractivity contribution in [2.24, 2.45) is 0 Å². The van der Waals surface area contributed by atoms with Crippen LogP contribution in [-0.2, 0) is 19.5 Å². The SMILES string of the molecule is COc1cc(Nc2nccc(-c3ccc(OC4CCOCC4)c(C#N)c3)n2)ccc1OCCOCCNS(C)(=O)=O. The Bertz CT molecular complexity index is 1460. The van der Waals surface area contributed by atoms with Gasteiger partial charge in [-0.25, -0.2) is 23.1 Å². The number of rotatable bonds is 14. The molecule has 1 saturated heterocycles. The monoisotopic (exact) mass is 583 g/mol. The second-order valence-corrected chi connectivity index (χ2v) is 11.0. The third-order valence-corrected chi connectivity index (χ3v) is 6.76. The minimum Gasteiger partial charge on any atom is -0.493 e. The van der Waals surface area contributed by atoms with Crippen LogP contribution in [0.5, 0.6) is 17.2 Å². The lowest BCUT2D eigenvalue weighted by Crippen LogP contribution is -2.26. The van der Waals surface area contributed by atoms with Crippen molar-refractivity contribution in [1.29, 1.82) is 5.26 Å². The van der Waals surface area contributed by atoms with Crippen LogP contribution in [0.25, 0.3) is 11.3 Å². The molecule has 1 aliphatic rings. The van der Waals surface area contributed by atoms with Gasteiger partial charge in [0.25, 0.3) is 0 Å². The molecule has 0 radical (unpaired) electrons. The zero-order valence-electron chi connectivity index (χ0n) is 23.0. The molecular weight excluding hydrogens is 550 g/mol. The van der Waals surface area contributed by atoms with Gasteiger partial charge in [-0.1, -0.05) is 0 Å². The number of aromatic nitrogens is 2. The van der Waals surface area contributed by atoms with Crippen LogP contribution in [0.4, 0.5) is 11.6 Å². The van der Waals surface area contributed by atoms with Gasteiger partial charge >= 0.3 is 0 Å². The van der Waals surface area contributed by atoms with Gasteiger partial charge in [-0.15, -0.1) is 0 Å². The summed E-state index contributed by atoms with van der Waals surface area (Å²) in [5, 5.41) is 12.9. The van der Waals surface area contributed by atoms with Crippen LogP contribution in [0.1, 0.15) is 18.4 Å². The standard InChI is InChI=1S/C28H33N5O7S/c1-36-27-18-22(4-6-26(27)39-16-15-38-14-11-31-41(2,34)35)32-28-30-10-7-24(33-28)20-3-5-25(21(17-20)19-29)40-23-8-12-37-13-9-23/h3-7,10,17-18,23,31H,8-9,11-16H2,1-2H3,(H,30,32,33). The fourth-order valence-corrected chi connectivity index (χ4v) is 4.49. The van der Waals surface area contributed by atoms with Gasteiger partial charge in [0.1, 0.15) is 24.5 Å². The molecular formula is C28H33N5O7S. The summed E-state index contributed by atoms with van der Waals surface area (Å²) in [6.07, 6.45) is 4.37. The molecule has 0 atom stereocenters. The molecule has 0 bridgehead atoms. The van der Waals surface area contributed by atoms with Gasteiger partial charge in [0, 0.05) is 42.9 Å². The van der Waals surface area contributed by atoms with Crippen molar-refractivity contribution in [2.75, 3.05) is 58.3 Å². The summed E-state index contributed by atoms with van der Waals surface area (Å²) in [6.45, 7) is 2.30. The highest BCUT2D eigenvalue weighted by molar-refractivity contribution is 7.88. The molecule has 0 amide bonds. The molecule has 3 aromatic rings. The zero-order valence-corrected chi connectivity index (χ0v) is 23.8. The number of sulfonamides is 1. The lowest BCUT2D eigenvalue weighted by Gasteiger charge is -2.23. The zero-order chi connectivity index (χ0) is 29.1. The minimum absolute atomic E-state index is 0.0370. The largest absolute Gasteiger partial charge is 0.493 e. The van der Waals surface area contributed by atoms with E-state index in [0.29, 0.717) is 53.4 Å². The lowest BCUT2D eigenvalue weighted by atomic mass is 10.1. The molecule has 1 aliphatic heterocycles. The molecule has 13 heteroatoms. The van der Waals surface area contributed by atoms with E-state index in [0.717, 1.165) is 24.7 Å². The number of hydrogen-bond acceptors (Lipinski definition) is 11. The molecule has 1 aromatic heterocycles. The number of nitrogens with zero attached hydrogens (tertiary/aromatic N) is 3. The Hall–Kier alpha value is -3.96. The smallest absolute Gasteiger partial charge is 0.227 e. The second-order valence-electron chi connectivity index (χ2n) is 9.14. The van der Waals surface area contributed by atoms with Gasteiger partial charge in [0.15, 0.2) is 11.5 Å². The van der Waals surface area contributed by atoms with Gasteiger partial charge in [-0.05, 0) is 36.4 Å². The fourth-order valence-electron chi connectivity index (χ4n) is 4.04. The number of ether oxygens (including phenoxy) is 5. The Kier molecular flexibility index (Phi) is 10.7. The van der Waals surface area contributed by atoms with Crippen molar-refractivity contribution in [2.45, 2.75) is 18.9 Å². The van der Waals surface area contributed by atoms with Gasteiger partial charge in [0.2, 0.25) is 16.0 Å². The predicted molar refractivity (Wildman–Crippen MR) is 152 cm³/mol. The van der Waals surface area contributed by atoms with Crippen molar-refractivity contribution in [3.05, 3.63) is 54.2 Å². The maximum Gasteiger partial charge on any atom is 0.227 e. The number of benzene rings is 2. The van der Waals surface area contributed by atoms with Crippen LogP contribution >= 0.6 is 0 Å². The lowest BCUT2D eigenvalue weighted by molar-refractivity contribution is 0.0254. The number of nitrogens with one attached hydrogen (secondary N) is 2. The van der Waals surface area contributed by atoms with Crippen molar-refractivity contribution in [3.63, 3.8) is 0 Å². The van der Waals surface area contributed by atoms with Gasteiger partial charge < -0.3 is 29.0 Å². The maximum atomic E-state index is 11.1. The van der Waals surface area contributed by atoms with E-state index in [1.165, 1.54) is 0 Å². The van der Waals surface area contributed by atoms with Crippen molar-refractivity contribution in [1.82, 2.24) is 14.7 Å². The van der Waals surface area contributed by atoms with E-state index in [4.69, 9.17) is 23.7 Å². The van der Waals surface area contributed by atoms with E-state index in [-0.39, 0.29) is 32.5 Å². The molecule has 218 valence electrons. The minimum atomic E-state index is -3.23. The Balaban J connectivity index is 1.36. The first kappa shape index (κ1) is 30.0. The first-order valence-corrected chi connectivity index (χ1v) is 15.0. The molecule has 2 heterocycles. The number of methoxy groups -OCH3 is 1. The summed E-state index contributed by atoms with van der Waals surface area (Å²) in [5.74, 6) is 1.96. The summed E-state index contributed by atoms with van der Waals surface area (Å²) in [6, 6.07) is 14.8. The second kappa shape index (κ2) is 14.6.